The summed E-state index contributed by atoms with van der Waals surface area (Å²) in [5.74, 6) is 0. The number of rotatable bonds is 4. The normalized spacial score (nSPS) is 12.9. The molecule has 0 saturated heterocycles. The molecule has 0 unspecified atom stereocenters. The molecule has 0 saturated carbocycles. The molecule has 0 bridgehead atoms. The first kappa shape index (κ1) is 11.7. The Balaban J connectivity index is 4.03. The Bertz CT molecular complexity index is 174. The molecular weight excluding hydrogens is 320 g/mol. The smallest absolute Gasteiger partial charge is 0.371 e. The van der Waals surface area contributed by atoms with Crippen LogP contribution in [0.1, 0.15) is 0 Å². The standard InChI is InChI=1S/Br2O8S/c3-1(4)9-11(7,8)10-2(5)6. The Hall–Kier alpha value is 0.670. The largest absolute Gasteiger partial charge is 0.564 e. The summed E-state index contributed by atoms with van der Waals surface area (Å²) in [5.41, 5.74) is 0. The van der Waals surface area contributed by atoms with E-state index in [9.17, 15) is 25.2 Å². The van der Waals surface area contributed by atoms with Crippen LogP contribution < -0.4 is 16.8 Å². The monoisotopic (exact) mass is 318 g/mol. The van der Waals surface area contributed by atoms with E-state index >= 15 is 0 Å². The maximum atomic E-state index is 10.1. The Kier molecular flexibility index (Phi) is 4.92. The minimum atomic E-state index is -4.94. The van der Waals surface area contributed by atoms with Gasteiger partial charge in [-0.25, -0.2) is 0 Å². The maximum Gasteiger partial charge on any atom is 0.564 e. The van der Waals surface area contributed by atoms with E-state index in [-0.39, 0.29) is 0 Å². The minimum Gasteiger partial charge on any atom is -0.371 e. The average Bonchev–Trinajstić information content (AvgIpc) is 1.53. The van der Waals surface area contributed by atoms with E-state index in [0.29, 0.717) is 0 Å². The Morgan fingerprint density at radius 3 is 1.36 bits per heavy atom. The molecule has 0 heterocycles. The first-order valence-electron chi connectivity index (χ1n) is 1.59. The van der Waals surface area contributed by atoms with Crippen LogP contribution in [0.25, 0.3) is 0 Å². The molecule has 0 atom stereocenters. The topological polar surface area (TPSA) is 145 Å². The van der Waals surface area contributed by atoms with Gasteiger partial charge in [0, 0.05) is 0 Å². The van der Waals surface area contributed by atoms with E-state index < -0.39 is 40.0 Å². The van der Waals surface area contributed by atoms with Gasteiger partial charge >= 0.3 is 40.0 Å². The van der Waals surface area contributed by atoms with E-state index in [4.69, 9.17) is 0 Å². The molecule has 0 amide bonds. The van der Waals surface area contributed by atoms with Crippen molar-refractivity contribution in [3.8, 4) is 0 Å². The number of hydrogen-bond acceptors (Lipinski definition) is 8. The molecule has 68 valence electrons. The zero-order valence-corrected chi connectivity index (χ0v) is 8.42. The van der Waals surface area contributed by atoms with Gasteiger partial charge in [0.1, 0.15) is 0 Å². The summed E-state index contributed by atoms with van der Waals surface area (Å²) in [6.07, 6.45) is 0. The van der Waals surface area contributed by atoms with Crippen LogP contribution in [0.3, 0.4) is 0 Å². The molecule has 0 radical (unpaired) electrons. The van der Waals surface area contributed by atoms with Crippen molar-refractivity contribution in [3.63, 3.8) is 0 Å². The van der Waals surface area contributed by atoms with Crippen molar-refractivity contribution in [3.05, 3.63) is 0 Å². The molecule has 8 nitrogen and oxygen atoms in total. The van der Waals surface area contributed by atoms with Crippen LogP contribution in [0.4, 0.5) is 0 Å². The third-order valence-corrected chi connectivity index (χ3v) is 4.01. The minimum absolute atomic E-state index is 3.12. The van der Waals surface area contributed by atoms with E-state index in [1.54, 1.807) is 0 Å². The van der Waals surface area contributed by atoms with Crippen LogP contribution in [0.15, 0.2) is 0 Å². The highest BCUT2D eigenvalue weighted by Crippen LogP contribution is 1.98. The molecule has 0 spiro atoms. The lowest BCUT2D eigenvalue weighted by Crippen LogP contribution is -2.41. The number of hydrogen-bond donors (Lipinski definition) is 0. The second-order valence-corrected chi connectivity index (χ2v) is 5.15. The first-order valence-corrected chi connectivity index (χ1v) is 6.81. The van der Waals surface area contributed by atoms with Gasteiger partial charge in [0.05, 0.1) is 0 Å². The first-order chi connectivity index (χ1) is 4.83. The van der Waals surface area contributed by atoms with Gasteiger partial charge in [-0.15, -0.1) is 0 Å². The second-order valence-electron chi connectivity index (χ2n) is 0.912. The molecule has 0 fully saturated rings. The summed E-state index contributed by atoms with van der Waals surface area (Å²) in [5, 5.41) is 0. The molecule has 0 aliphatic rings. The van der Waals surface area contributed by atoms with Gasteiger partial charge in [-0.2, -0.15) is 8.42 Å². The molecule has 0 N–H and O–H groups in total. The molecule has 0 aromatic heterocycles. The van der Waals surface area contributed by atoms with Crippen LogP contribution in [0.2, 0.25) is 0 Å². The van der Waals surface area contributed by atoms with E-state index in [2.05, 4.69) is 6.55 Å². The SMILES string of the molecule is O=S(=O)(O[Br+2]([O-])[O-])O[Br+2]([O-])[O-]. The lowest BCUT2D eigenvalue weighted by atomic mass is 15.8. The van der Waals surface area contributed by atoms with Crippen LogP contribution in [0, 0.1) is 29.6 Å². The summed E-state index contributed by atoms with van der Waals surface area (Å²) in [6.45, 7) is 0. The fourth-order valence-corrected chi connectivity index (χ4v) is 2.75. The van der Waals surface area contributed by atoms with Gasteiger partial charge in [0.25, 0.3) is 0 Å². The summed E-state index contributed by atoms with van der Waals surface area (Å²) in [6, 6.07) is 0. The summed E-state index contributed by atoms with van der Waals surface area (Å²) >= 11 is -8.06. The van der Waals surface area contributed by atoms with Crippen molar-refractivity contribution in [2.24, 2.45) is 0 Å². The van der Waals surface area contributed by atoms with Crippen LogP contribution in [-0.4, -0.2) is 8.42 Å². The second kappa shape index (κ2) is 4.64. The molecule has 0 rings (SSSR count). The molecule has 0 aliphatic heterocycles. The molecule has 11 heteroatoms. The molecular formula is Br2O8S. The van der Waals surface area contributed by atoms with E-state index in [1.165, 1.54) is 0 Å². The van der Waals surface area contributed by atoms with Gasteiger partial charge < -0.3 is 16.8 Å². The van der Waals surface area contributed by atoms with Crippen molar-refractivity contribution < 1.29 is 61.4 Å². The molecule has 11 heavy (non-hydrogen) atoms. The highest BCUT2D eigenvalue weighted by atomic mass is 80.0. The molecule has 0 aliphatic carbocycles. The lowest BCUT2D eigenvalue weighted by Gasteiger charge is -1.88. The Morgan fingerprint density at radius 2 is 1.18 bits per heavy atom. The quantitative estimate of drug-likeness (QED) is 0.498. The maximum absolute atomic E-state index is 10.1. The fourth-order valence-electron chi connectivity index (χ4n) is 0.136. The Morgan fingerprint density at radius 1 is 0.909 bits per heavy atom. The van der Waals surface area contributed by atoms with Crippen molar-refractivity contribution in [2.45, 2.75) is 0 Å². The predicted octanol–water partition coefficient (Wildman–Crippen LogP) is -5.56. The lowest BCUT2D eigenvalue weighted by molar-refractivity contribution is -1.63. The molecule has 0 aromatic rings. The third-order valence-electron chi connectivity index (χ3n) is 0.257. The Labute approximate surface area is 71.9 Å². The van der Waals surface area contributed by atoms with E-state index in [1.807, 2.05) is 0 Å². The van der Waals surface area contributed by atoms with Crippen molar-refractivity contribution >= 4 is 10.4 Å². The van der Waals surface area contributed by atoms with Crippen LogP contribution in [0.5, 0.6) is 0 Å². The van der Waals surface area contributed by atoms with Crippen molar-refractivity contribution in [1.82, 2.24) is 0 Å². The fraction of sp³-hybridized carbons (Fsp3) is 0. The zero-order chi connectivity index (χ0) is 9.07. The van der Waals surface area contributed by atoms with Crippen molar-refractivity contribution in [1.29, 1.82) is 0 Å². The average molecular weight is 320 g/mol. The highest BCUT2D eigenvalue weighted by molar-refractivity contribution is 7.81. The van der Waals surface area contributed by atoms with Gasteiger partial charge in [-0.3, -0.25) is 0 Å². The zero-order valence-electron chi connectivity index (χ0n) is 4.43. The van der Waals surface area contributed by atoms with Crippen LogP contribution in [-0.2, 0) is 16.9 Å². The van der Waals surface area contributed by atoms with Gasteiger partial charge in [0.2, 0.25) is 0 Å². The van der Waals surface area contributed by atoms with Gasteiger partial charge in [-0.05, 0) is 0 Å². The van der Waals surface area contributed by atoms with Gasteiger partial charge in [0.15, 0.2) is 6.55 Å². The van der Waals surface area contributed by atoms with Gasteiger partial charge in [-0.1, -0.05) is 0 Å². The number of halogens is 2. The van der Waals surface area contributed by atoms with Crippen molar-refractivity contribution in [2.75, 3.05) is 0 Å². The highest BCUT2D eigenvalue weighted by Gasteiger charge is 2.39. The summed E-state index contributed by atoms with van der Waals surface area (Å²) < 4.78 is 64.7. The van der Waals surface area contributed by atoms with E-state index in [0.717, 1.165) is 0 Å². The van der Waals surface area contributed by atoms with Crippen LogP contribution >= 0.6 is 0 Å². The molecule has 0 aromatic carbocycles. The summed E-state index contributed by atoms with van der Waals surface area (Å²) in [7, 11) is -4.94. The third kappa shape index (κ3) is 7.04. The summed E-state index contributed by atoms with van der Waals surface area (Å²) in [4.78, 5) is 0. The predicted molar refractivity (Wildman–Crippen MR) is 11.1 cm³/mol.